The first-order valence-electron chi connectivity index (χ1n) is 4.58. The Hall–Kier alpha value is -0.470. The summed E-state index contributed by atoms with van der Waals surface area (Å²) in [5.74, 6) is 0.509. The first-order valence-corrected chi connectivity index (χ1v) is 4.96. The van der Waals surface area contributed by atoms with Crippen molar-refractivity contribution in [1.82, 2.24) is 10.2 Å². The zero-order valence-corrected chi connectivity index (χ0v) is 8.90. The highest BCUT2D eigenvalue weighted by Gasteiger charge is 2.19. The molecule has 1 heterocycles. The Balaban J connectivity index is 2.41. The summed E-state index contributed by atoms with van der Waals surface area (Å²) in [5, 5.41) is 3.44. The lowest BCUT2D eigenvalue weighted by Crippen LogP contribution is -2.35. The Kier molecular flexibility index (Phi) is 3.82. The van der Waals surface area contributed by atoms with Crippen LogP contribution in [0.2, 0.25) is 0 Å². The molecule has 74 valence electrons. The van der Waals surface area contributed by atoms with E-state index in [0.29, 0.717) is 11.1 Å². The van der Waals surface area contributed by atoms with Crippen LogP contribution < -0.4 is 5.32 Å². The maximum absolute atomic E-state index is 5.65. The van der Waals surface area contributed by atoms with E-state index in [1.54, 1.807) is 0 Å². The van der Waals surface area contributed by atoms with Crippen LogP contribution in [0.1, 0.15) is 12.8 Å². The van der Waals surface area contributed by atoms with Crippen molar-refractivity contribution in [3.8, 4) is 0 Å². The quantitative estimate of drug-likeness (QED) is 0.703. The van der Waals surface area contributed by atoms with Gasteiger partial charge in [-0.2, -0.15) is 0 Å². The van der Waals surface area contributed by atoms with Crippen LogP contribution in [-0.4, -0.2) is 25.0 Å². The third-order valence-corrected chi connectivity index (χ3v) is 2.51. The summed E-state index contributed by atoms with van der Waals surface area (Å²) in [6, 6.07) is 0. The van der Waals surface area contributed by atoms with E-state index in [1.807, 2.05) is 0 Å². The van der Waals surface area contributed by atoms with Crippen LogP contribution >= 0.6 is 11.6 Å². The van der Waals surface area contributed by atoms with E-state index in [1.165, 1.54) is 19.4 Å². The highest BCUT2D eigenvalue weighted by atomic mass is 35.5. The molecule has 0 aromatic heterocycles. The molecule has 0 saturated carbocycles. The molecule has 0 aromatic carbocycles. The molecule has 13 heavy (non-hydrogen) atoms. The molecule has 1 saturated heterocycles. The largest absolute Gasteiger partial charge is 0.350 e. The van der Waals surface area contributed by atoms with E-state index in [2.05, 4.69) is 30.4 Å². The first kappa shape index (κ1) is 10.6. The van der Waals surface area contributed by atoms with Gasteiger partial charge in [-0.05, 0) is 26.4 Å². The van der Waals surface area contributed by atoms with Crippen molar-refractivity contribution in [3.63, 3.8) is 0 Å². The third-order valence-electron chi connectivity index (χ3n) is 2.41. The van der Waals surface area contributed by atoms with Gasteiger partial charge in [-0.15, -0.1) is 0 Å². The molecule has 0 aromatic rings. The number of rotatable bonds is 3. The number of piperidine rings is 1. The molecule has 1 aliphatic rings. The number of nitrogens with zero attached hydrogens (tertiary/aromatic N) is 1. The Bertz CT molecular complexity index is 213. The Labute approximate surface area is 85.3 Å². The van der Waals surface area contributed by atoms with Crippen molar-refractivity contribution in [1.29, 1.82) is 0 Å². The fourth-order valence-electron chi connectivity index (χ4n) is 1.73. The molecule has 0 aliphatic carbocycles. The van der Waals surface area contributed by atoms with Crippen molar-refractivity contribution in [2.75, 3.05) is 20.1 Å². The van der Waals surface area contributed by atoms with Gasteiger partial charge in [0.1, 0.15) is 0 Å². The van der Waals surface area contributed by atoms with Crippen LogP contribution in [0, 0.1) is 5.92 Å². The standard InChI is InChI=1S/C10H17ClN2/c1-8(12-9(2)11)10-5-4-6-13(3)7-10/h10,12H,1-2,4-7H2,3H3. The molecular formula is C10H17ClN2. The Morgan fingerprint density at radius 1 is 1.54 bits per heavy atom. The maximum atomic E-state index is 5.65. The maximum Gasteiger partial charge on any atom is 0.0986 e. The van der Waals surface area contributed by atoms with Gasteiger partial charge < -0.3 is 10.2 Å². The summed E-state index contributed by atoms with van der Waals surface area (Å²) >= 11 is 5.65. The average Bonchev–Trinajstić information content (AvgIpc) is 2.03. The van der Waals surface area contributed by atoms with Gasteiger partial charge in [-0.25, -0.2) is 0 Å². The fraction of sp³-hybridized carbons (Fsp3) is 0.600. The van der Waals surface area contributed by atoms with E-state index in [0.717, 1.165) is 12.2 Å². The molecule has 0 bridgehead atoms. The number of hydrogen-bond acceptors (Lipinski definition) is 2. The highest BCUT2D eigenvalue weighted by Crippen LogP contribution is 2.20. The molecule has 1 rings (SSSR count). The van der Waals surface area contributed by atoms with Crippen molar-refractivity contribution in [2.24, 2.45) is 5.92 Å². The molecule has 0 radical (unpaired) electrons. The van der Waals surface area contributed by atoms with Gasteiger partial charge in [0, 0.05) is 18.2 Å². The first-order chi connectivity index (χ1) is 6.09. The van der Waals surface area contributed by atoms with E-state index in [4.69, 9.17) is 11.6 Å². The lowest BCUT2D eigenvalue weighted by Gasteiger charge is -2.31. The smallest absolute Gasteiger partial charge is 0.0986 e. The molecule has 0 amide bonds. The van der Waals surface area contributed by atoms with Gasteiger partial charge in [-0.3, -0.25) is 0 Å². The summed E-state index contributed by atoms with van der Waals surface area (Å²) in [7, 11) is 2.13. The summed E-state index contributed by atoms with van der Waals surface area (Å²) in [6.07, 6.45) is 2.43. The molecule has 0 spiro atoms. The van der Waals surface area contributed by atoms with Crippen molar-refractivity contribution < 1.29 is 0 Å². The second kappa shape index (κ2) is 4.68. The fourth-order valence-corrected chi connectivity index (χ4v) is 1.85. The number of halogens is 1. The van der Waals surface area contributed by atoms with Crippen LogP contribution in [0.3, 0.4) is 0 Å². The van der Waals surface area contributed by atoms with Gasteiger partial charge in [0.2, 0.25) is 0 Å². The third kappa shape index (κ3) is 3.41. The Morgan fingerprint density at radius 2 is 2.23 bits per heavy atom. The van der Waals surface area contributed by atoms with E-state index in [-0.39, 0.29) is 0 Å². The normalized spacial score (nSPS) is 24.0. The SMILES string of the molecule is C=C(Cl)NC(=C)C1CCCN(C)C1. The van der Waals surface area contributed by atoms with Crippen LogP contribution in [-0.2, 0) is 0 Å². The predicted molar refractivity (Wildman–Crippen MR) is 57.5 cm³/mol. The lowest BCUT2D eigenvalue weighted by atomic mass is 9.96. The second-order valence-electron chi connectivity index (χ2n) is 3.66. The molecule has 3 heteroatoms. The van der Waals surface area contributed by atoms with Crippen LogP contribution in [0.15, 0.2) is 24.0 Å². The molecule has 1 N–H and O–H groups in total. The molecule has 1 aliphatic heterocycles. The highest BCUT2D eigenvalue weighted by molar-refractivity contribution is 6.28. The van der Waals surface area contributed by atoms with Crippen LogP contribution in [0.4, 0.5) is 0 Å². The van der Waals surface area contributed by atoms with Crippen LogP contribution in [0.5, 0.6) is 0 Å². The van der Waals surface area contributed by atoms with Crippen LogP contribution in [0.25, 0.3) is 0 Å². The van der Waals surface area contributed by atoms with E-state index < -0.39 is 0 Å². The predicted octanol–water partition coefficient (Wildman–Crippen LogP) is 2.14. The summed E-state index contributed by atoms with van der Waals surface area (Å²) in [6.45, 7) is 9.81. The molecular weight excluding hydrogens is 184 g/mol. The number of likely N-dealkylation sites (tertiary alicyclic amines) is 1. The van der Waals surface area contributed by atoms with Crippen molar-refractivity contribution in [2.45, 2.75) is 12.8 Å². The molecule has 2 nitrogen and oxygen atoms in total. The Morgan fingerprint density at radius 3 is 2.77 bits per heavy atom. The zero-order valence-electron chi connectivity index (χ0n) is 8.15. The van der Waals surface area contributed by atoms with E-state index in [9.17, 15) is 0 Å². The number of nitrogens with one attached hydrogen (secondary N) is 1. The average molecular weight is 201 g/mol. The van der Waals surface area contributed by atoms with Gasteiger partial charge in [0.15, 0.2) is 0 Å². The lowest BCUT2D eigenvalue weighted by molar-refractivity contribution is 0.227. The minimum absolute atomic E-state index is 0.457. The minimum Gasteiger partial charge on any atom is -0.350 e. The molecule has 1 fully saturated rings. The topological polar surface area (TPSA) is 15.3 Å². The second-order valence-corrected chi connectivity index (χ2v) is 4.11. The minimum atomic E-state index is 0.457. The van der Waals surface area contributed by atoms with Gasteiger partial charge in [-0.1, -0.05) is 24.8 Å². The summed E-state index contributed by atoms with van der Waals surface area (Å²) in [4.78, 5) is 2.32. The van der Waals surface area contributed by atoms with Crippen molar-refractivity contribution in [3.05, 3.63) is 24.0 Å². The van der Waals surface area contributed by atoms with Gasteiger partial charge in [0.25, 0.3) is 0 Å². The van der Waals surface area contributed by atoms with Gasteiger partial charge in [0.05, 0.1) is 5.16 Å². The zero-order chi connectivity index (χ0) is 9.84. The molecule has 1 unspecified atom stereocenters. The number of hydrogen-bond donors (Lipinski definition) is 1. The summed E-state index contributed by atoms with van der Waals surface area (Å²) < 4.78 is 0. The monoisotopic (exact) mass is 200 g/mol. The molecule has 1 atom stereocenters. The van der Waals surface area contributed by atoms with E-state index >= 15 is 0 Å². The van der Waals surface area contributed by atoms with Crippen molar-refractivity contribution >= 4 is 11.6 Å². The summed E-state index contributed by atoms with van der Waals surface area (Å²) in [5.41, 5.74) is 0.992. The van der Waals surface area contributed by atoms with Gasteiger partial charge >= 0.3 is 0 Å².